The van der Waals surface area contributed by atoms with Gasteiger partial charge in [0.2, 0.25) is 0 Å². The van der Waals surface area contributed by atoms with Crippen LogP contribution in [0.15, 0.2) is 0 Å². The van der Waals surface area contributed by atoms with Gasteiger partial charge in [-0.25, -0.2) is 0 Å². The number of hydrogen-bond acceptors (Lipinski definition) is 3. The van der Waals surface area contributed by atoms with Crippen LogP contribution in [0.2, 0.25) is 0 Å². The van der Waals surface area contributed by atoms with Crippen LogP contribution in [-0.2, 0) is 0 Å². The molecule has 0 aromatic rings. The Labute approximate surface area is 101 Å². The number of rotatable bonds is 6. The number of nitrogens with one attached hydrogen (secondary N) is 1. The van der Waals surface area contributed by atoms with Gasteiger partial charge in [-0.3, -0.25) is 0 Å². The Bertz CT molecular complexity index is 186. The highest BCUT2D eigenvalue weighted by Gasteiger charge is 2.33. The van der Waals surface area contributed by atoms with Gasteiger partial charge in [0.1, 0.15) is 0 Å². The van der Waals surface area contributed by atoms with Crippen molar-refractivity contribution in [2.45, 2.75) is 58.0 Å². The lowest BCUT2D eigenvalue weighted by atomic mass is 9.86. The summed E-state index contributed by atoms with van der Waals surface area (Å²) in [5.74, 6) is 0. The van der Waals surface area contributed by atoms with E-state index in [1.807, 2.05) is 0 Å². The average Bonchev–Trinajstić information content (AvgIpc) is 2.32. The second-order valence-corrected chi connectivity index (χ2v) is 5.28. The maximum absolute atomic E-state index is 5.98. The van der Waals surface area contributed by atoms with Crippen LogP contribution >= 0.6 is 0 Å². The summed E-state index contributed by atoms with van der Waals surface area (Å²) in [6.07, 6.45) is 4.84. The Morgan fingerprint density at radius 1 is 1.31 bits per heavy atom. The molecule has 0 bridgehead atoms. The molecule has 0 radical (unpaired) electrons. The van der Waals surface area contributed by atoms with E-state index in [4.69, 9.17) is 5.73 Å². The standard InChI is InChI=1S/C13H29N3/c1-4-8-16-9-6-13(11-14,7-10-16)15-12(3)5-2/h12,15H,4-11,14H2,1-3H3. The Morgan fingerprint density at radius 3 is 2.38 bits per heavy atom. The molecule has 0 aromatic heterocycles. The number of piperidine rings is 1. The molecule has 1 saturated heterocycles. The van der Waals surface area contributed by atoms with Crippen molar-refractivity contribution in [3.63, 3.8) is 0 Å². The van der Waals surface area contributed by atoms with Gasteiger partial charge in [-0.15, -0.1) is 0 Å². The molecule has 3 N–H and O–H groups in total. The maximum atomic E-state index is 5.98. The molecule has 1 atom stereocenters. The molecule has 3 heteroatoms. The summed E-state index contributed by atoms with van der Waals surface area (Å²) in [5.41, 5.74) is 6.19. The van der Waals surface area contributed by atoms with Crippen molar-refractivity contribution >= 4 is 0 Å². The summed E-state index contributed by atoms with van der Waals surface area (Å²) in [5, 5.41) is 3.74. The third-order valence-electron chi connectivity index (χ3n) is 3.91. The smallest absolute Gasteiger partial charge is 0.0330 e. The van der Waals surface area contributed by atoms with Crippen molar-refractivity contribution in [3.05, 3.63) is 0 Å². The zero-order valence-electron chi connectivity index (χ0n) is 11.3. The molecule has 0 spiro atoms. The average molecular weight is 227 g/mol. The van der Waals surface area contributed by atoms with E-state index in [-0.39, 0.29) is 5.54 Å². The Hall–Kier alpha value is -0.120. The molecule has 1 fully saturated rings. The van der Waals surface area contributed by atoms with E-state index in [0.717, 1.165) is 6.54 Å². The van der Waals surface area contributed by atoms with E-state index < -0.39 is 0 Å². The zero-order chi connectivity index (χ0) is 12.0. The molecule has 0 aliphatic carbocycles. The Balaban J connectivity index is 2.44. The van der Waals surface area contributed by atoms with Gasteiger partial charge in [-0.1, -0.05) is 13.8 Å². The number of likely N-dealkylation sites (tertiary alicyclic amines) is 1. The highest BCUT2D eigenvalue weighted by molar-refractivity contribution is 4.95. The first-order valence-electron chi connectivity index (χ1n) is 6.86. The van der Waals surface area contributed by atoms with Crippen LogP contribution in [0.4, 0.5) is 0 Å². The van der Waals surface area contributed by atoms with Crippen molar-refractivity contribution in [2.75, 3.05) is 26.2 Å². The number of hydrogen-bond donors (Lipinski definition) is 2. The molecule has 3 nitrogen and oxygen atoms in total. The molecule has 0 amide bonds. The second kappa shape index (κ2) is 6.58. The van der Waals surface area contributed by atoms with Crippen molar-refractivity contribution in [2.24, 2.45) is 5.73 Å². The minimum atomic E-state index is 0.208. The van der Waals surface area contributed by atoms with E-state index >= 15 is 0 Å². The number of nitrogens with two attached hydrogens (primary N) is 1. The van der Waals surface area contributed by atoms with Crippen LogP contribution in [-0.4, -0.2) is 42.7 Å². The topological polar surface area (TPSA) is 41.3 Å². The summed E-state index contributed by atoms with van der Waals surface area (Å²) < 4.78 is 0. The fraction of sp³-hybridized carbons (Fsp3) is 1.00. The summed E-state index contributed by atoms with van der Waals surface area (Å²) in [4.78, 5) is 2.56. The fourth-order valence-corrected chi connectivity index (χ4v) is 2.55. The fourth-order valence-electron chi connectivity index (χ4n) is 2.55. The van der Waals surface area contributed by atoms with Crippen molar-refractivity contribution < 1.29 is 0 Å². The van der Waals surface area contributed by atoms with Gasteiger partial charge in [-0.05, 0) is 52.2 Å². The van der Waals surface area contributed by atoms with Gasteiger partial charge < -0.3 is 16.0 Å². The minimum absolute atomic E-state index is 0.208. The van der Waals surface area contributed by atoms with Gasteiger partial charge in [0.05, 0.1) is 0 Å². The molecule has 0 aromatic carbocycles. The highest BCUT2D eigenvalue weighted by Crippen LogP contribution is 2.22. The van der Waals surface area contributed by atoms with Crippen molar-refractivity contribution in [1.29, 1.82) is 0 Å². The molecular formula is C13H29N3. The van der Waals surface area contributed by atoms with E-state index in [1.54, 1.807) is 0 Å². The van der Waals surface area contributed by atoms with Gasteiger partial charge in [0.15, 0.2) is 0 Å². The predicted octanol–water partition coefficient (Wildman–Crippen LogP) is 1.58. The quantitative estimate of drug-likeness (QED) is 0.724. The van der Waals surface area contributed by atoms with Crippen LogP contribution in [0, 0.1) is 0 Å². The van der Waals surface area contributed by atoms with Gasteiger partial charge in [0.25, 0.3) is 0 Å². The van der Waals surface area contributed by atoms with Gasteiger partial charge in [-0.2, -0.15) is 0 Å². The van der Waals surface area contributed by atoms with Crippen LogP contribution in [0.1, 0.15) is 46.5 Å². The number of nitrogens with zero attached hydrogens (tertiary/aromatic N) is 1. The molecule has 96 valence electrons. The van der Waals surface area contributed by atoms with Gasteiger partial charge in [0, 0.05) is 18.1 Å². The molecular weight excluding hydrogens is 198 g/mol. The normalized spacial score (nSPS) is 23.2. The lowest BCUT2D eigenvalue weighted by Crippen LogP contribution is -2.59. The largest absolute Gasteiger partial charge is 0.329 e. The van der Waals surface area contributed by atoms with Crippen LogP contribution < -0.4 is 11.1 Å². The maximum Gasteiger partial charge on any atom is 0.0330 e. The lowest BCUT2D eigenvalue weighted by Gasteiger charge is -2.43. The van der Waals surface area contributed by atoms with Gasteiger partial charge >= 0.3 is 0 Å². The molecule has 0 saturated carbocycles. The van der Waals surface area contributed by atoms with E-state index in [1.165, 1.54) is 45.3 Å². The molecule has 1 aliphatic heterocycles. The lowest BCUT2D eigenvalue weighted by molar-refractivity contribution is 0.130. The molecule has 1 unspecified atom stereocenters. The van der Waals surface area contributed by atoms with Crippen molar-refractivity contribution in [1.82, 2.24) is 10.2 Å². The molecule has 1 aliphatic rings. The first-order valence-corrected chi connectivity index (χ1v) is 6.86. The van der Waals surface area contributed by atoms with Crippen LogP contribution in [0.25, 0.3) is 0 Å². The third kappa shape index (κ3) is 3.72. The SMILES string of the molecule is CCCN1CCC(CN)(NC(C)CC)CC1. The highest BCUT2D eigenvalue weighted by atomic mass is 15.2. The minimum Gasteiger partial charge on any atom is -0.329 e. The molecule has 1 heterocycles. The zero-order valence-corrected chi connectivity index (χ0v) is 11.3. The molecule has 1 rings (SSSR count). The summed E-state index contributed by atoms with van der Waals surface area (Å²) >= 11 is 0. The molecule has 16 heavy (non-hydrogen) atoms. The summed E-state index contributed by atoms with van der Waals surface area (Å²) in [7, 11) is 0. The third-order valence-corrected chi connectivity index (χ3v) is 3.91. The first kappa shape index (κ1) is 13.9. The summed E-state index contributed by atoms with van der Waals surface area (Å²) in [6.45, 7) is 11.2. The van der Waals surface area contributed by atoms with Crippen LogP contribution in [0.5, 0.6) is 0 Å². The van der Waals surface area contributed by atoms with E-state index in [9.17, 15) is 0 Å². The predicted molar refractivity (Wildman–Crippen MR) is 70.6 cm³/mol. The van der Waals surface area contributed by atoms with Crippen LogP contribution in [0.3, 0.4) is 0 Å². The second-order valence-electron chi connectivity index (χ2n) is 5.28. The Morgan fingerprint density at radius 2 is 1.94 bits per heavy atom. The monoisotopic (exact) mass is 227 g/mol. The summed E-state index contributed by atoms with van der Waals surface area (Å²) in [6, 6.07) is 0.585. The van der Waals surface area contributed by atoms with E-state index in [2.05, 4.69) is 31.0 Å². The Kier molecular flexibility index (Phi) is 5.73. The van der Waals surface area contributed by atoms with Crippen molar-refractivity contribution in [3.8, 4) is 0 Å². The van der Waals surface area contributed by atoms with E-state index in [0.29, 0.717) is 6.04 Å². The first-order chi connectivity index (χ1) is 7.65.